The highest BCUT2D eigenvalue weighted by Crippen LogP contribution is 2.34. The van der Waals surface area contributed by atoms with Gasteiger partial charge in [0.1, 0.15) is 6.10 Å². The van der Waals surface area contributed by atoms with Gasteiger partial charge in [0.15, 0.2) is 11.5 Å². The van der Waals surface area contributed by atoms with Crippen LogP contribution in [0, 0.1) is 6.92 Å². The van der Waals surface area contributed by atoms with Crippen LogP contribution < -0.4 is 9.47 Å². The number of hydrogen-bond acceptors (Lipinski definition) is 4. The van der Waals surface area contributed by atoms with Crippen molar-refractivity contribution >= 4 is 5.91 Å². The molecule has 0 bridgehead atoms. The van der Waals surface area contributed by atoms with Crippen molar-refractivity contribution in [1.82, 2.24) is 14.7 Å². The molecule has 0 unspecified atom stereocenters. The Morgan fingerprint density at radius 2 is 2.04 bits per heavy atom. The summed E-state index contributed by atoms with van der Waals surface area (Å²) < 4.78 is 13.8. The Labute approximate surface area is 147 Å². The molecule has 1 fully saturated rings. The number of likely N-dealkylation sites (tertiary alicyclic amines) is 1. The second-order valence-electron chi connectivity index (χ2n) is 6.88. The van der Waals surface area contributed by atoms with E-state index in [0.717, 1.165) is 31.5 Å². The third kappa shape index (κ3) is 3.08. The molecule has 2 aliphatic rings. The van der Waals surface area contributed by atoms with E-state index in [1.165, 1.54) is 0 Å². The second kappa shape index (κ2) is 6.43. The Hall–Kier alpha value is -2.50. The molecular weight excluding hydrogens is 318 g/mol. The number of benzene rings is 1. The third-order valence-corrected chi connectivity index (χ3v) is 4.91. The first-order valence-corrected chi connectivity index (χ1v) is 8.83. The lowest BCUT2D eigenvalue weighted by molar-refractivity contribution is -0.145. The molecule has 0 spiro atoms. The van der Waals surface area contributed by atoms with Crippen molar-refractivity contribution in [2.75, 3.05) is 6.54 Å². The van der Waals surface area contributed by atoms with E-state index in [1.807, 2.05) is 60.1 Å². The topological polar surface area (TPSA) is 56.6 Å². The van der Waals surface area contributed by atoms with Crippen molar-refractivity contribution in [1.29, 1.82) is 0 Å². The van der Waals surface area contributed by atoms with Crippen LogP contribution in [-0.2, 0) is 11.3 Å². The minimum atomic E-state index is -0.602. The Bertz CT molecular complexity index is 773. The molecule has 2 aromatic rings. The highest BCUT2D eigenvalue weighted by Gasteiger charge is 2.40. The van der Waals surface area contributed by atoms with Crippen molar-refractivity contribution in [3.8, 4) is 11.5 Å². The fourth-order valence-electron chi connectivity index (χ4n) is 3.65. The number of hydrogen-bond donors (Lipinski definition) is 0. The predicted octanol–water partition coefficient (Wildman–Crippen LogP) is 2.41. The van der Waals surface area contributed by atoms with Gasteiger partial charge in [0, 0.05) is 12.7 Å². The molecule has 0 radical (unpaired) electrons. The van der Waals surface area contributed by atoms with E-state index >= 15 is 0 Å². The number of ether oxygens (including phenoxy) is 2. The number of carbonyl (C=O) groups is 1. The predicted molar refractivity (Wildman–Crippen MR) is 92.6 cm³/mol. The number of aryl methyl sites for hydroxylation is 1. The van der Waals surface area contributed by atoms with Crippen LogP contribution in [0.3, 0.4) is 0 Å². The molecule has 0 N–H and O–H groups in total. The molecule has 1 aromatic carbocycles. The number of fused-ring (bicyclic) bond motifs is 1. The molecule has 0 saturated carbocycles. The summed E-state index contributed by atoms with van der Waals surface area (Å²) in [6.07, 6.45) is 4.95. The molecular formula is C19H23N3O3. The number of amides is 1. The standard InChI is InChI=1S/C19H23N3O3/c1-13-10-20-21(11-13)12-15-6-5-9-22(15)19(23)18-14(2)24-16-7-3-4-8-17(16)25-18/h3-4,7-8,10-11,14-15,18H,5-6,9,12H2,1-2H3/t14-,15-,18+/m0/s1. The molecule has 3 atom stereocenters. The van der Waals surface area contributed by atoms with Crippen molar-refractivity contribution in [3.63, 3.8) is 0 Å². The fourth-order valence-corrected chi connectivity index (χ4v) is 3.65. The van der Waals surface area contributed by atoms with Gasteiger partial charge in [-0.05, 0) is 44.4 Å². The van der Waals surface area contributed by atoms with Crippen LogP contribution in [0.4, 0.5) is 0 Å². The number of aromatic nitrogens is 2. The molecule has 132 valence electrons. The molecule has 25 heavy (non-hydrogen) atoms. The number of carbonyl (C=O) groups excluding carboxylic acids is 1. The zero-order valence-electron chi connectivity index (χ0n) is 14.6. The normalized spacial score (nSPS) is 25.2. The van der Waals surface area contributed by atoms with Crippen molar-refractivity contribution in [2.24, 2.45) is 0 Å². The average molecular weight is 341 g/mol. The van der Waals surface area contributed by atoms with Gasteiger partial charge >= 0.3 is 0 Å². The molecule has 2 aliphatic heterocycles. The maximum absolute atomic E-state index is 13.1. The monoisotopic (exact) mass is 341 g/mol. The summed E-state index contributed by atoms with van der Waals surface area (Å²) in [4.78, 5) is 15.1. The third-order valence-electron chi connectivity index (χ3n) is 4.91. The first-order chi connectivity index (χ1) is 12.1. The van der Waals surface area contributed by atoms with Gasteiger partial charge in [0.25, 0.3) is 5.91 Å². The number of rotatable bonds is 3. The first-order valence-electron chi connectivity index (χ1n) is 8.83. The Morgan fingerprint density at radius 1 is 1.28 bits per heavy atom. The van der Waals surface area contributed by atoms with Gasteiger partial charge in [-0.3, -0.25) is 9.48 Å². The van der Waals surface area contributed by atoms with Crippen molar-refractivity contribution in [2.45, 2.75) is 51.5 Å². The van der Waals surface area contributed by atoms with Gasteiger partial charge in [0.05, 0.1) is 18.8 Å². The summed E-state index contributed by atoms with van der Waals surface area (Å²) in [6, 6.07) is 7.65. The molecule has 1 aromatic heterocycles. The summed E-state index contributed by atoms with van der Waals surface area (Å²) in [5, 5.41) is 4.35. The van der Waals surface area contributed by atoms with Gasteiger partial charge in [-0.25, -0.2) is 0 Å². The van der Waals surface area contributed by atoms with E-state index in [0.29, 0.717) is 11.5 Å². The molecule has 3 heterocycles. The van der Waals surface area contributed by atoms with E-state index in [4.69, 9.17) is 9.47 Å². The Kier molecular flexibility index (Phi) is 4.11. The highest BCUT2D eigenvalue weighted by atomic mass is 16.6. The molecule has 6 heteroatoms. The minimum Gasteiger partial charge on any atom is -0.482 e. The van der Waals surface area contributed by atoms with Gasteiger partial charge < -0.3 is 14.4 Å². The van der Waals surface area contributed by atoms with Crippen LogP contribution in [0.1, 0.15) is 25.3 Å². The van der Waals surface area contributed by atoms with Crippen molar-refractivity contribution < 1.29 is 14.3 Å². The smallest absolute Gasteiger partial charge is 0.267 e. The first kappa shape index (κ1) is 16.0. The summed E-state index contributed by atoms with van der Waals surface area (Å²) in [5.74, 6) is 1.34. The van der Waals surface area contributed by atoms with E-state index in [9.17, 15) is 4.79 Å². The maximum atomic E-state index is 13.1. The van der Waals surface area contributed by atoms with Crippen LogP contribution in [0.25, 0.3) is 0 Å². The number of para-hydroxylation sites is 2. The van der Waals surface area contributed by atoms with Crippen LogP contribution in [0.15, 0.2) is 36.7 Å². The zero-order valence-corrected chi connectivity index (χ0v) is 14.6. The zero-order chi connectivity index (χ0) is 17.4. The number of nitrogens with zero attached hydrogens (tertiary/aromatic N) is 3. The maximum Gasteiger partial charge on any atom is 0.267 e. The molecule has 6 nitrogen and oxygen atoms in total. The Balaban J connectivity index is 1.49. The largest absolute Gasteiger partial charge is 0.482 e. The van der Waals surface area contributed by atoms with Crippen LogP contribution in [0.5, 0.6) is 11.5 Å². The highest BCUT2D eigenvalue weighted by molar-refractivity contribution is 5.83. The molecule has 1 saturated heterocycles. The van der Waals surface area contributed by atoms with E-state index < -0.39 is 6.10 Å². The molecule has 4 rings (SSSR count). The SMILES string of the molecule is Cc1cnn(C[C@@H]2CCCN2C(=O)[C@@H]2Oc3ccccc3O[C@H]2C)c1. The van der Waals surface area contributed by atoms with Crippen LogP contribution in [-0.4, -0.2) is 45.4 Å². The van der Waals surface area contributed by atoms with E-state index in [2.05, 4.69) is 5.10 Å². The molecule has 1 amide bonds. The summed E-state index contributed by atoms with van der Waals surface area (Å²) in [5.41, 5.74) is 1.13. The van der Waals surface area contributed by atoms with Crippen LogP contribution >= 0.6 is 0 Å². The summed E-state index contributed by atoms with van der Waals surface area (Å²) in [7, 11) is 0. The lowest BCUT2D eigenvalue weighted by Gasteiger charge is -2.35. The quantitative estimate of drug-likeness (QED) is 0.860. The average Bonchev–Trinajstić information content (AvgIpc) is 3.23. The van der Waals surface area contributed by atoms with Gasteiger partial charge in [0.2, 0.25) is 6.10 Å². The van der Waals surface area contributed by atoms with Gasteiger partial charge in [-0.15, -0.1) is 0 Å². The molecule has 0 aliphatic carbocycles. The van der Waals surface area contributed by atoms with Gasteiger partial charge in [-0.2, -0.15) is 5.10 Å². The van der Waals surface area contributed by atoms with Crippen LogP contribution in [0.2, 0.25) is 0 Å². The minimum absolute atomic E-state index is 0.00776. The summed E-state index contributed by atoms with van der Waals surface area (Å²) >= 11 is 0. The summed E-state index contributed by atoms with van der Waals surface area (Å²) in [6.45, 7) is 5.39. The fraction of sp³-hybridized carbons (Fsp3) is 0.474. The van der Waals surface area contributed by atoms with Crippen molar-refractivity contribution in [3.05, 3.63) is 42.2 Å². The van der Waals surface area contributed by atoms with E-state index in [-0.39, 0.29) is 18.1 Å². The Morgan fingerprint density at radius 3 is 2.76 bits per heavy atom. The van der Waals surface area contributed by atoms with E-state index in [1.54, 1.807) is 0 Å². The second-order valence-corrected chi connectivity index (χ2v) is 6.88. The lowest BCUT2D eigenvalue weighted by atomic mass is 10.1. The van der Waals surface area contributed by atoms with Gasteiger partial charge in [-0.1, -0.05) is 12.1 Å². The lowest BCUT2D eigenvalue weighted by Crippen LogP contribution is -2.52.